The highest BCUT2D eigenvalue weighted by atomic mass is 15.1. The Morgan fingerprint density at radius 2 is 1.86 bits per heavy atom. The molecule has 0 N–H and O–H groups in total. The fraction of sp³-hybridized carbons (Fsp3) is 0.630. The molecule has 1 atom stereocenters. The lowest BCUT2D eigenvalue weighted by Crippen LogP contribution is -2.35. The molecule has 1 aromatic carbocycles. The van der Waals surface area contributed by atoms with Gasteiger partial charge in [0, 0.05) is 24.7 Å². The van der Waals surface area contributed by atoms with Gasteiger partial charge in [-0.05, 0) is 54.2 Å². The van der Waals surface area contributed by atoms with Gasteiger partial charge in [0.1, 0.15) is 0 Å². The molecule has 0 radical (unpaired) electrons. The van der Waals surface area contributed by atoms with Gasteiger partial charge in [-0.15, -0.1) is 0 Å². The molecule has 1 heteroatoms. The van der Waals surface area contributed by atoms with Crippen molar-refractivity contribution < 1.29 is 0 Å². The van der Waals surface area contributed by atoms with Crippen LogP contribution in [-0.2, 0) is 12.8 Å². The van der Waals surface area contributed by atoms with E-state index in [-0.39, 0.29) is 5.41 Å². The smallest absolute Gasteiger partial charge is 0.0281 e. The number of likely N-dealkylation sites (tertiary alicyclic amines) is 1. The van der Waals surface area contributed by atoms with Gasteiger partial charge in [0.25, 0.3) is 0 Å². The van der Waals surface area contributed by atoms with Crippen LogP contribution in [0.1, 0.15) is 95.8 Å². The third kappa shape index (κ3) is 6.54. The first-order chi connectivity index (χ1) is 13.2. The fourth-order valence-electron chi connectivity index (χ4n) is 4.43. The predicted octanol–water partition coefficient (Wildman–Crippen LogP) is 7.67. The van der Waals surface area contributed by atoms with E-state index in [1.54, 1.807) is 5.56 Å². The van der Waals surface area contributed by atoms with Crippen molar-refractivity contribution in [3.05, 3.63) is 59.3 Å². The van der Waals surface area contributed by atoms with E-state index >= 15 is 0 Å². The second-order valence-corrected chi connectivity index (χ2v) is 9.90. The highest BCUT2D eigenvalue weighted by Gasteiger charge is 2.27. The maximum absolute atomic E-state index is 4.44. The van der Waals surface area contributed by atoms with E-state index in [2.05, 4.69) is 70.9 Å². The molecular weight excluding hydrogens is 338 g/mol. The second-order valence-electron chi connectivity index (χ2n) is 9.90. The van der Waals surface area contributed by atoms with Crippen molar-refractivity contribution in [1.29, 1.82) is 0 Å². The van der Waals surface area contributed by atoms with Crippen molar-refractivity contribution in [2.45, 2.75) is 91.9 Å². The molecule has 1 aliphatic rings. The highest BCUT2D eigenvalue weighted by molar-refractivity contribution is 5.38. The third-order valence-corrected chi connectivity index (χ3v) is 6.09. The van der Waals surface area contributed by atoms with E-state index < -0.39 is 0 Å². The lowest BCUT2D eigenvalue weighted by Gasteiger charge is -2.39. The lowest BCUT2D eigenvalue weighted by atomic mass is 9.83. The van der Waals surface area contributed by atoms with E-state index in [1.807, 2.05) is 0 Å². The van der Waals surface area contributed by atoms with Gasteiger partial charge < -0.3 is 4.90 Å². The van der Waals surface area contributed by atoms with Gasteiger partial charge in [0.15, 0.2) is 0 Å². The first-order valence-electron chi connectivity index (χ1n) is 11.5. The quantitative estimate of drug-likeness (QED) is 0.313. The van der Waals surface area contributed by atoms with Crippen LogP contribution in [0.15, 0.2) is 42.6 Å². The van der Waals surface area contributed by atoms with Crippen molar-refractivity contribution in [2.75, 3.05) is 13.1 Å². The molecule has 28 heavy (non-hydrogen) atoms. The van der Waals surface area contributed by atoms with Crippen molar-refractivity contribution in [3.8, 4) is 0 Å². The number of nitrogens with zero attached hydrogens (tertiary/aromatic N) is 1. The Labute approximate surface area is 174 Å². The van der Waals surface area contributed by atoms with Gasteiger partial charge in [-0.3, -0.25) is 0 Å². The standard InChI is InChI=1S/C27H43N/c1-8-10-11-12-13-24-18-25(15-14-23(24)9-2)26-20-28(17-16-21(26)3)22(4)19-27(5,6)7/h14-15,18,26H,3-4,8-13,16-17,19-20H2,1-2,5-7H3. The molecule has 1 unspecified atom stereocenters. The molecule has 1 saturated heterocycles. The SMILES string of the molecule is C=C1CCN(C(=C)CC(C)(C)C)CC1c1ccc(CC)c(CCCCCC)c1. The maximum Gasteiger partial charge on any atom is 0.0281 e. The van der Waals surface area contributed by atoms with E-state index in [9.17, 15) is 0 Å². The van der Waals surface area contributed by atoms with Crippen LogP contribution in [0.3, 0.4) is 0 Å². The fourth-order valence-corrected chi connectivity index (χ4v) is 4.43. The van der Waals surface area contributed by atoms with Gasteiger partial charge >= 0.3 is 0 Å². The van der Waals surface area contributed by atoms with Crippen LogP contribution in [0.5, 0.6) is 0 Å². The zero-order valence-corrected chi connectivity index (χ0v) is 19.2. The van der Waals surface area contributed by atoms with E-state index in [4.69, 9.17) is 0 Å². The zero-order chi connectivity index (χ0) is 20.7. The molecule has 1 aromatic rings. The maximum atomic E-state index is 4.44. The van der Waals surface area contributed by atoms with Crippen molar-refractivity contribution in [3.63, 3.8) is 0 Å². The van der Waals surface area contributed by atoms with Gasteiger partial charge in [0.05, 0.1) is 0 Å². The molecule has 1 nitrogen and oxygen atoms in total. The summed E-state index contributed by atoms with van der Waals surface area (Å²) in [7, 11) is 0. The first-order valence-corrected chi connectivity index (χ1v) is 11.5. The van der Waals surface area contributed by atoms with Crippen LogP contribution in [0.2, 0.25) is 0 Å². The van der Waals surface area contributed by atoms with Gasteiger partial charge in [-0.1, -0.05) is 90.8 Å². The number of unbranched alkanes of at least 4 members (excludes halogenated alkanes) is 3. The van der Waals surface area contributed by atoms with Crippen LogP contribution in [0.4, 0.5) is 0 Å². The molecule has 0 saturated carbocycles. The van der Waals surface area contributed by atoms with E-state index in [1.165, 1.54) is 54.5 Å². The van der Waals surface area contributed by atoms with Gasteiger partial charge in [0.2, 0.25) is 0 Å². The molecule has 0 spiro atoms. The van der Waals surface area contributed by atoms with Gasteiger partial charge in [-0.2, -0.15) is 0 Å². The van der Waals surface area contributed by atoms with Crippen molar-refractivity contribution in [1.82, 2.24) is 4.90 Å². The number of hydrogen-bond donors (Lipinski definition) is 0. The average Bonchev–Trinajstić information content (AvgIpc) is 2.64. The third-order valence-electron chi connectivity index (χ3n) is 6.09. The zero-order valence-electron chi connectivity index (χ0n) is 19.2. The molecule has 0 amide bonds. The molecule has 2 rings (SSSR count). The summed E-state index contributed by atoms with van der Waals surface area (Å²) in [4.78, 5) is 2.51. The molecule has 0 bridgehead atoms. The van der Waals surface area contributed by atoms with E-state index in [0.717, 1.165) is 32.4 Å². The van der Waals surface area contributed by atoms with Gasteiger partial charge in [-0.25, -0.2) is 0 Å². The monoisotopic (exact) mass is 381 g/mol. The van der Waals surface area contributed by atoms with Crippen LogP contribution in [-0.4, -0.2) is 18.0 Å². The highest BCUT2D eigenvalue weighted by Crippen LogP contribution is 2.35. The summed E-state index contributed by atoms with van der Waals surface area (Å²) in [5.74, 6) is 0.436. The Hall–Kier alpha value is -1.50. The van der Waals surface area contributed by atoms with Crippen LogP contribution >= 0.6 is 0 Å². The average molecular weight is 382 g/mol. The molecule has 1 aliphatic heterocycles. The Balaban J connectivity index is 2.14. The number of piperidine rings is 1. The number of hydrogen-bond acceptors (Lipinski definition) is 1. The Morgan fingerprint density at radius 1 is 1.11 bits per heavy atom. The Kier molecular flexibility index (Phi) is 8.40. The first kappa shape index (κ1) is 22.8. The number of allylic oxidation sites excluding steroid dienone is 1. The summed E-state index contributed by atoms with van der Waals surface area (Å²) in [6.45, 7) is 22.4. The second kappa shape index (κ2) is 10.3. The molecule has 0 aromatic heterocycles. The molecule has 156 valence electrons. The Bertz CT molecular complexity index is 661. The number of aryl methyl sites for hydroxylation is 2. The summed E-state index contributed by atoms with van der Waals surface area (Å²) >= 11 is 0. The Morgan fingerprint density at radius 3 is 2.50 bits per heavy atom. The molecule has 1 heterocycles. The minimum atomic E-state index is 0.287. The van der Waals surface area contributed by atoms with E-state index in [0.29, 0.717) is 5.92 Å². The molecular formula is C27H43N. The van der Waals surface area contributed by atoms with Crippen molar-refractivity contribution >= 4 is 0 Å². The minimum Gasteiger partial charge on any atom is -0.374 e. The summed E-state index contributed by atoms with van der Waals surface area (Å²) in [6, 6.07) is 7.23. The normalized spacial score (nSPS) is 17.8. The summed E-state index contributed by atoms with van der Waals surface area (Å²) < 4.78 is 0. The lowest BCUT2D eigenvalue weighted by molar-refractivity contribution is 0.262. The largest absolute Gasteiger partial charge is 0.374 e. The van der Waals surface area contributed by atoms with Crippen LogP contribution in [0.25, 0.3) is 0 Å². The molecule has 0 aliphatic carbocycles. The van der Waals surface area contributed by atoms with Crippen LogP contribution in [0, 0.1) is 5.41 Å². The number of rotatable bonds is 9. The van der Waals surface area contributed by atoms with Crippen LogP contribution < -0.4 is 0 Å². The topological polar surface area (TPSA) is 3.24 Å². The summed E-state index contributed by atoms with van der Waals surface area (Å²) in [5, 5.41) is 0. The summed E-state index contributed by atoms with van der Waals surface area (Å²) in [6.07, 6.45) is 9.80. The predicted molar refractivity (Wildman–Crippen MR) is 125 cm³/mol. The molecule has 1 fully saturated rings. The minimum absolute atomic E-state index is 0.287. The van der Waals surface area contributed by atoms with Crippen molar-refractivity contribution in [2.24, 2.45) is 5.41 Å². The number of benzene rings is 1. The summed E-state index contributed by atoms with van der Waals surface area (Å²) in [5.41, 5.74) is 7.51.